The van der Waals surface area contributed by atoms with Gasteiger partial charge in [0.25, 0.3) is 5.56 Å². The number of thiophene rings is 1. The third kappa shape index (κ3) is 4.09. The van der Waals surface area contributed by atoms with Crippen LogP contribution in [0, 0.1) is 27.7 Å². The van der Waals surface area contributed by atoms with Gasteiger partial charge in [0.2, 0.25) is 5.91 Å². The predicted octanol–water partition coefficient (Wildman–Crippen LogP) is 4.48. The number of carbonyl (C=O) groups excluding carboxylic acids is 1. The van der Waals surface area contributed by atoms with E-state index in [1.165, 1.54) is 23.1 Å². The van der Waals surface area contributed by atoms with Gasteiger partial charge in [-0.1, -0.05) is 12.1 Å². The Balaban J connectivity index is 1.69. The Hall–Kier alpha value is -2.12. The lowest BCUT2D eigenvalue weighted by Gasteiger charge is -2.14. The number of H-pyrrole nitrogens is 1. The third-order valence-electron chi connectivity index (χ3n) is 4.79. The quantitative estimate of drug-likeness (QED) is 0.661. The van der Waals surface area contributed by atoms with Gasteiger partial charge in [-0.05, 0) is 57.4 Å². The monoisotopic (exact) mass is 401 g/mol. The Bertz CT molecular complexity index is 1070. The number of thioether (sulfide) groups is 1. The first-order valence-corrected chi connectivity index (χ1v) is 10.6. The molecule has 0 aliphatic rings. The summed E-state index contributed by atoms with van der Waals surface area (Å²) in [4.78, 5) is 34.1. The molecular formula is C20H23N3O2S2. The molecule has 2 heterocycles. The number of aryl methyl sites for hydroxylation is 3. The maximum Gasteiger partial charge on any atom is 0.259 e. The minimum absolute atomic E-state index is 0.0556. The zero-order valence-corrected chi connectivity index (χ0v) is 17.7. The molecule has 2 aromatic heterocycles. The van der Waals surface area contributed by atoms with Crippen molar-refractivity contribution in [2.24, 2.45) is 0 Å². The van der Waals surface area contributed by atoms with Crippen LogP contribution < -0.4 is 10.9 Å². The van der Waals surface area contributed by atoms with E-state index in [0.717, 1.165) is 32.1 Å². The van der Waals surface area contributed by atoms with Crippen LogP contribution >= 0.6 is 23.1 Å². The zero-order valence-electron chi connectivity index (χ0n) is 16.1. The molecule has 0 aliphatic heterocycles. The van der Waals surface area contributed by atoms with Crippen LogP contribution in [0.4, 0.5) is 5.69 Å². The molecule has 0 fully saturated rings. The van der Waals surface area contributed by atoms with Crippen molar-refractivity contribution >= 4 is 44.9 Å². The molecule has 1 aromatic carbocycles. The fourth-order valence-corrected chi connectivity index (χ4v) is 4.57. The fraction of sp³-hybridized carbons (Fsp3) is 0.350. The number of rotatable bonds is 5. The summed E-state index contributed by atoms with van der Waals surface area (Å²) in [6, 6.07) is 5.87. The van der Waals surface area contributed by atoms with Gasteiger partial charge in [0.05, 0.1) is 16.4 Å². The highest BCUT2D eigenvalue weighted by Gasteiger charge is 2.17. The van der Waals surface area contributed by atoms with Crippen molar-refractivity contribution in [2.45, 2.75) is 45.6 Å². The summed E-state index contributed by atoms with van der Waals surface area (Å²) in [6.07, 6.45) is 0. The highest BCUT2D eigenvalue weighted by atomic mass is 32.2. The Morgan fingerprint density at radius 2 is 2.00 bits per heavy atom. The molecule has 27 heavy (non-hydrogen) atoms. The van der Waals surface area contributed by atoms with Crippen molar-refractivity contribution in [1.29, 1.82) is 0 Å². The molecule has 0 aliphatic carbocycles. The largest absolute Gasteiger partial charge is 0.325 e. The molecular weight excluding hydrogens is 378 g/mol. The van der Waals surface area contributed by atoms with Crippen molar-refractivity contribution in [3.8, 4) is 0 Å². The highest BCUT2D eigenvalue weighted by molar-refractivity contribution is 7.99. The first kappa shape index (κ1) is 19.6. The number of amides is 1. The Kier molecular flexibility index (Phi) is 5.72. The van der Waals surface area contributed by atoms with Crippen molar-refractivity contribution in [1.82, 2.24) is 9.97 Å². The number of anilines is 1. The number of aromatic amines is 1. The van der Waals surface area contributed by atoms with E-state index in [2.05, 4.69) is 15.3 Å². The van der Waals surface area contributed by atoms with Gasteiger partial charge >= 0.3 is 0 Å². The third-order valence-corrected chi connectivity index (χ3v) is 7.05. The number of nitrogens with zero attached hydrogens (tertiary/aromatic N) is 1. The lowest BCUT2D eigenvalue weighted by atomic mass is 10.1. The van der Waals surface area contributed by atoms with E-state index in [1.54, 1.807) is 0 Å². The first-order chi connectivity index (χ1) is 12.8. The molecule has 5 nitrogen and oxygen atoms in total. The molecule has 0 saturated carbocycles. The van der Waals surface area contributed by atoms with Crippen molar-refractivity contribution in [3.63, 3.8) is 0 Å². The zero-order chi connectivity index (χ0) is 19.7. The van der Waals surface area contributed by atoms with Gasteiger partial charge in [0.1, 0.15) is 10.7 Å². The number of hydrogen-bond acceptors (Lipinski definition) is 5. The highest BCUT2D eigenvalue weighted by Crippen LogP contribution is 2.27. The first-order valence-electron chi connectivity index (χ1n) is 8.75. The number of nitrogens with one attached hydrogen (secondary N) is 2. The summed E-state index contributed by atoms with van der Waals surface area (Å²) in [5.41, 5.74) is 3.94. The van der Waals surface area contributed by atoms with Crippen molar-refractivity contribution in [2.75, 3.05) is 5.32 Å². The molecule has 3 aromatic rings. The van der Waals surface area contributed by atoms with Crippen LogP contribution in [0.1, 0.15) is 34.3 Å². The van der Waals surface area contributed by atoms with Crippen LogP contribution in [0.5, 0.6) is 0 Å². The summed E-state index contributed by atoms with van der Waals surface area (Å²) in [5.74, 6) is 1.02. The van der Waals surface area contributed by atoms with Gasteiger partial charge < -0.3 is 10.3 Å². The lowest BCUT2D eigenvalue weighted by Crippen LogP contribution is -2.23. The van der Waals surface area contributed by atoms with Crippen molar-refractivity contribution in [3.05, 3.63) is 55.9 Å². The number of benzene rings is 1. The minimum atomic E-state index is -0.266. The van der Waals surface area contributed by atoms with Crippen LogP contribution in [0.2, 0.25) is 0 Å². The smallest absolute Gasteiger partial charge is 0.259 e. The van der Waals surface area contributed by atoms with Crippen LogP contribution in [0.15, 0.2) is 23.0 Å². The topological polar surface area (TPSA) is 74.8 Å². The second-order valence-electron chi connectivity index (χ2n) is 6.67. The molecule has 0 spiro atoms. The molecule has 1 amide bonds. The van der Waals surface area contributed by atoms with Gasteiger partial charge in [0, 0.05) is 10.6 Å². The van der Waals surface area contributed by atoms with E-state index in [9.17, 15) is 9.59 Å². The van der Waals surface area contributed by atoms with Crippen LogP contribution in [0.3, 0.4) is 0 Å². The maximum absolute atomic E-state index is 12.5. The van der Waals surface area contributed by atoms with Crippen LogP contribution in [0.25, 0.3) is 10.2 Å². The summed E-state index contributed by atoms with van der Waals surface area (Å²) < 4.78 is 0. The van der Waals surface area contributed by atoms with E-state index >= 15 is 0 Å². The molecule has 0 bridgehead atoms. The molecule has 3 rings (SSSR count). The molecule has 142 valence electrons. The second-order valence-corrected chi connectivity index (χ2v) is 9.20. The molecule has 2 N–H and O–H groups in total. The average Bonchev–Trinajstić information content (AvgIpc) is 2.91. The molecule has 0 saturated heterocycles. The molecule has 0 unspecified atom stereocenters. The van der Waals surface area contributed by atoms with Gasteiger partial charge in [-0.15, -0.1) is 23.1 Å². The number of fused-ring (bicyclic) bond motifs is 1. The van der Waals surface area contributed by atoms with Crippen molar-refractivity contribution < 1.29 is 4.79 Å². The van der Waals surface area contributed by atoms with Gasteiger partial charge in [-0.3, -0.25) is 9.59 Å². The van der Waals surface area contributed by atoms with E-state index in [0.29, 0.717) is 17.0 Å². The predicted molar refractivity (Wildman–Crippen MR) is 115 cm³/mol. The fourth-order valence-electron chi connectivity index (χ4n) is 2.77. The molecule has 7 heteroatoms. The summed E-state index contributed by atoms with van der Waals surface area (Å²) in [5, 5.41) is 3.40. The summed E-state index contributed by atoms with van der Waals surface area (Å²) >= 11 is 2.99. The van der Waals surface area contributed by atoms with Gasteiger partial charge in [-0.2, -0.15) is 0 Å². The Morgan fingerprint density at radius 1 is 1.26 bits per heavy atom. The SMILES string of the molecule is Cc1cccc(NC(=O)[C@@H](C)SCc2nc3sc(C)c(C)c3c(=O)[nH]2)c1C. The standard InChI is InChI=1S/C20H23N3O2S2/c1-10-7-6-8-15(11(10)2)21-18(24)14(5)26-9-16-22-19(25)17-12(3)13(4)27-20(17)23-16/h6-8,14H,9H2,1-5H3,(H,21,24)(H,22,23,25)/t14-/m1/s1. The summed E-state index contributed by atoms with van der Waals surface area (Å²) in [7, 11) is 0. The molecule has 0 radical (unpaired) electrons. The Labute approximate surface area is 166 Å². The second kappa shape index (κ2) is 7.86. The van der Waals surface area contributed by atoms with E-state index in [4.69, 9.17) is 0 Å². The Morgan fingerprint density at radius 3 is 2.74 bits per heavy atom. The summed E-state index contributed by atoms with van der Waals surface area (Å²) in [6.45, 7) is 9.82. The lowest BCUT2D eigenvalue weighted by molar-refractivity contribution is -0.115. The van der Waals surface area contributed by atoms with Crippen LogP contribution in [-0.4, -0.2) is 21.1 Å². The number of aromatic nitrogens is 2. The van der Waals surface area contributed by atoms with Crippen LogP contribution in [-0.2, 0) is 10.5 Å². The maximum atomic E-state index is 12.5. The minimum Gasteiger partial charge on any atom is -0.325 e. The number of carbonyl (C=O) groups is 1. The van der Waals surface area contributed by atoms with Gasteiger partial charge in [-0.25, -0.2) is 4.98 Å². The van der Waals surface area contributed by atoms with Gasteiger partial charge in [0.15, 0.2) is 0 Å². The average molecular weight is 402 g/mol. The van der Waals surface area contributed by atoms with E-state index < -0.39 is 0 Å². The molecule has 1 atom stereocenters. The normalized spacial score (nSPS) is 12.3. The van der Waals surface area contributed by atoms with E-state index in [1.807, 2.05) is 52.8 Å². The van der Waals surface area contributed by atoms with E-state index in [-0.39, 0.29) is 16.7 Å². The number of hydrogen-bond donors (Lipinski definition) is 2.